The predicted octanol–water partition coefficient (Wildman–Crippen LogP) is 4.72. The van der Waals surface area contributed by atoms with Gasteiger partial charge in [0.1, 0.15) is 0 Å². The van der Waals surface area contributed by atoms with Crippen LogP contribution in [0.5, 0.6) is 0 Å². The van der Waals surface area contributed by atoms with Gasteiger partial charge in [0.05, 0.1) is 16.1 Å². The van der Waals surface area contributed by atoms with E-state index in [1.165, 1.54) is 6.07 Å². The van der Waals surface area contributed by atoms with Crippen molar-refractivity contribution < 1.29 is 13.2 Å². The lowest BCUT2D eigenvalue weighted by Gasteiger charge is -2.18. The Morgan fingerprint density at radius 3 is 2.25 bits per heavy atom. The third kappa shape index (κ3) is 2.77. The van der Waals surface area contributed by atoms with E-state index in [1.54, 1.807) is 25.2 Å². The lowest BCUT2D eigenvalue weighted by Crippen LogP contribution is -2.19. The van der Waals surface area contributed by atoms with Gasteiger partial charge in [-0.25, -0.2) is 13.2 Å². The molecule has 20 heavy (non-hydrogen) atoms. The van der Waals surface area contributed by atoms with Crippen LogP contribution in [-0.4, -0.2) is 7.05 Å². The summed E-state index contributed by atoms with van der Waals surface area (Å²) in [6, 6.07) is 6.15. The van der Waals surface area contributed by atoms with Crippen LogP contribution in [0.3, 0.4) is 0 Å². The molecule has 0 aliphatic carbocycles. The molecule has 0 amide bonds. The summed E-state index contributed by atoms with van der Waals surface area (Å²) in [5, 5.41) is 3.49. The molecule has 0 saturated carbocycles. The van der Waals surface area contributed by atoms with Crippen molar-refractivity contribution in [3.63, 3.8) is 0 Å². The molecule has 0 bridgehead atoms. The van der Waals surface area contributed by atoms with E-state index in [0.717, 1.165) is 6.07 Å². The van der Waals surface area contributed by atoms with Crippen molar-refractivity contribution in [1.29, 1.82) is 0 Å². The van der Waals surface area contributed by atoms with Crippen molar-refractivity contribution >= 4 is 23.2 Å². The Kier molecular flexibility index (Phi) is 4.58. The van der Waals surface area contributed by atoms with Gasteiger partial charge in [-0.05, 0) is 30.8 Å². The fourth-order valence-electron chi connectivity index (χ4n) is 1.96. The zero-order valence-corrected chi connectivity index (χ0v) is 11.9. The molecule has 0 heterocycles. The van der Waals surface area contributed by atoms with E-state index in [0.29, 0.717) is 15.6 Å². The van der Waals surface area contributed by atoms with Crippen LogP contribution < -0.4 is 5.32 Å². The van der Waals surface area contributed by atoms with Gasteiger partial charge < -0.3 is 5.32 Å². The minimum Gasteiger partial charge on any atom is -0.309 e. The van der Waals surface area contributed by atoms with Crippen LogP contribution in [0, 0.1) is 17.5 Å². The highest BCUT2D eigenvalue weighted by atomic mass is 35.5. The van der Waals surface area contributed by atoms with Crippen molar-refractivity contribution in [3.05, 3.63) is 69.0 Å². The quantitative estimate of drug-likeness (QED) is 0.807. The minimum atomic E-state index is -1.50. The summed E-state index contributed by atoms with van der Waals surface area (Å²) in [4.78, 5) is 0. The topological polar surface area (TPSA) is 12.0 Å². The molecule has 0 saturated heterocycles. The van der Waals surface area contributed by atoms with Gasteiger partial charge in [-0.3, -0.25) is 0 Å². The molecule has 0 aromatic heterocycles. The summed E-state index contributed by atoms with van der Waals surface area (Å²) < 4.78 is 40.1. The monoisotopic (exact) mass is 319 g/mol. The average molecular weight is 320 g/mol. The van der Waals surface area contributed by atoms with Gasteiger partial charge in [0.15, 0.2) is 17.5 Å². The second kappa shape index (κ2) is 6.04. The molecule has 0 spiro atoms. The molecular formula is C14H10Cl2F3N. The second-order valence-corrected chi connectivity index (χ2v) is 4.97. The lowest BCUT2D eigenvalue weighted by atomic mass is 9.98. The highest BCUT2D eigenvalue weighted by molar-refractivity contribution is 6.42. The van der Waals surface area contributed by atoms with Gasteiger partial charge in [0.2, 0.25) is 0 Å². The van der Waals surface area contributed by atoms with Gasteiger partial charge >= 0.3 is 0 Å². The SMILES string of the molecule is CNC(c1ccc(Cl)c(Cl)c1)c1ccc(F)c(F)c1F. The highest BCUT2D eigenvalue weighted by Crippen LogP contribution is 2.30. The first-order valence-electron chi connectivity index (χ1n) is 5.71. The Morgan fingerprint density at radius 2 is 1.65 bits per heavy atom. The average Bonchev–Trinajstić information content (AvgIpc) is 2.43. The molecule has 0 radical (unpaired) electrons. The van der Waals surface area contributed by atoms with Crippen molar-refractivity contribution in [2.45, 2.75) is 6.04 Å². The van der Waals surface area contributed by atoms with Gasteiger partial charge in [-0.2, -0.15) is 0 Å². The Labute approximate surface area is 124 Å². The smallest absolute Gasteiger partial charge is 0.194 e. The molecule has 0 fully saturated rings. The molecule has 1 atom stereocenters. The molecule has 1 nitrogen and oxygen atoms in total. The number of hydrogen-bond donors (Lipinski definition) is 1. The highest BCUT2D eigenvalue weighted by Gasteiger charge is 2.21. The summed E-state index contributed by atoms with van der Waals surface area (Å²) in [5.41, 5.74) is 0.580. The molecule has 2 rings (SSSR count). The molecule has 1 unspecified atom stereocenters. The number of halogens is 5. The minimum absolute atomic E-state index is 0.00945. The Hall–Kier alpha value is -1.23. The predicted molar refractivity (Wildman–Crippen MR) is 73.7 cm³/mol. The normalized spacial score (nSPS) is 12.5. The Morgan fingerprint density at radius 1 is 0.950 bits per heavy atom. The summed E-state index contributed by atoms with van der Waals surface area (Å²) in [6.45, 7) is 0. The number of benzene rings is 2. The summed E-state index contributed by atoms with van der Waals surface area (Å²) in [5.74, 6) is -3.95. The Bertz CT molecular complexity index is 647. The molecule has 106 valence electrons. The first-order chi connectivity index (χ1) is 9.45. The lowest BCUT2D eigenvalue weighted by molar-refractivity contribution is 0.435. The van der Waals surface area contributed by atoms with Crippen LogP contribution in [0.15, 0.2) is 30.3 Å². The number of hydrogen-bond acceptors (Lipinski definition) is 1. The van der Waals surface area contributed by atoms with E-state index in [-0.39, 0.29) is 5.56 Å². The fraction of sp³-hybridized carbons (Fsp3) is 0.143. The number of nitrogens with one attached hydrogen (secondary N) is 1. The third-order valence-electron chi connectivity index (χ3n) is 2.94. The zero-order valence-electron chi connectivity index (χ0n) is 10.4. The molecule has 1 N–H and O–H groups in total. The summed E-state index contributed by atoms with van der Waals surface area (Å²) in [7, 11) is 1.58. The van der Waals surface area contributed by atoms with E-state index < -0.39 is 23.5 Å². The van der Waals surface area contributed by atoms with E-state index in [1.807, 2.05) is 0 Å². The molecule has 2 aromatic rings. The van der Waals surface area contributed by atoms with Crippen LogP contribution in [-0.2, 0) is 0 Å². The molecule has 0 aliphatic heterocycles. The molecular weight excluding hydrogens is 310 g/mol. The second-order valence-electron chi connectivity index (χ2n) is 4.16. The zero-order chi connectivity index (χ0) is 14.9. The van der Waals surface area contributed by atoms with Crippen molar-refractivity contribution in [1.82, 2.24) is 5.32 Å². The maximum absolute atomic E-state index is 13.9. The maximum Gasteiger partial charge on any atom is 0.194 e. The summed E-state index contributed by atoms with van der Waals surface area (Å²) in [6.07, 6.45) is 0. The van der Waals surface area contributed by atoms with Gasteiger partial charge in [-0.15, -0.1) is 0 Å². The van der Waals surface area contributed by atoms with Crippen molar-refractivity contribution in [2.75, 3.05) is 7.05 Å². The van der Waals surface area contributed by atoms with Crippen molar-refractivity contribution in [3.8, 4) is 0 Å². The largest absolute Gasteiger partial charge is 0.309 e. The maximum atomic E-state index is 13.9. The van der Waals surface area contributed by atoms with Crippen LogP contribution in [0.25, 0.3) is 0 Å². The molecule has 0 aliphatic rings. The van der Waals surface area contributed by atoms with E-state index >= 15 is 0 Å². The van der Waals surface area contributed by atoms with Crippen molar-refractivity contribution in [2.24, 2.45) is 0 Å². The Balaban J connectivity index is 2.52. The summed E-state index contributed by atoms with van der Waals surface area (Å²) >= 11 is 11.7. The van der Waals surface area contributed by atoms with E-state index in [9.17, 15) is 13.2 Å². The van der Waals surface area contributed by atoms with E-state index in [2.05, 4.69) is 5.32 Å². The van der Waals surface area contributed by atoms with Gasteiger partial charge in [0.25, 0.3) is 0 Å². The first-order valence-corrected chi connectivity index (χ1v) is 6.47. The van der Waals surface area contributed by atoms with Gasteiger partial charge in [-0.1, -0.05) is 35.3 Å². The van der Waals surface area contributed by atoms with E-state index in [4.69, 9.17) is 23.2 Å². The number of rotatable bonds is 3. The van der Waals surface area contributed by atoms with Crippen LogP contribution >= 0.6 is 23.2 Å². The first kappa shape index (κ1) is 15.2. The van der Waals surface area contributed by atoms with Crippen LogP contribution in [0.1, 0.15) is 17.2 Å². The third-order valence-corrected chi connectivity index (χ3v) is 3.68. The van der Waals surface area contributed by atoms with Crippen LogP contribution in [0.2, 0.25) is 10.0 Å². The standard InChI is InChI=1S/C14H10Cl2F3N/c1-20-14(7-2-4-9(15)10(16)6-7)8-3-5-11(17)13(19)12(8)18/h2-6,14,20H,1H3. The molecule has 2 aromatic carbocycles. The fourth-order valence-corrected chi connectivity index (χ4v) is 2.26. The molecule has 6 heteroatoms. The van der Waals surface area contributed by atoms with Crippen LogP contribution in [0.4, 0.5) is 13.2 Å². The van der Waals surface area contributed by atoms with Gasteiger partial charge in [0, 0.05) is 5.56 Å².